The van der Waals surface area contributed by atoms with Crippen LogP contribution in [0, 0.1) is 0 Å². The van der Waals surface area contributed by atoms with E-state index in [-0.39, 0.29) is 6.42 Å². The van der Waals surface area contributed by atoms with E-state index < -0.39 is 36.9 Å². The second kappa shape index (κ2) is 24.9. The minimum absolute atomic E-state index is 0.270. The summed E-state index contributed by atoms with van der Waals surface area (Å²) in [6.45, 7) is 3.69. The Morgan fingerprint density at radius 1 is 0.722 bits per heavy atom. The number of aliphatic hydroxyl groups excluding tert-OH is 4. The van der Waals surface area contributed by atoms with E-state index in [9.17, 15) is 25.2 Å². The largest absolute Gasteiger partial charge is 0.394 e. The normalized spacial score (nSPS) is 15.8. The van der Waals surface area contributed by atoms with E-state index in [1.807, 2.05) is 13.0 Å². The van der Waals surface area contributed by atoms with Gasteiger partial charge in [-0.05, 0) is 77.6 Å². The molecule has 208 valence electrons. The molecule has 0 saturated carbocycles. The third-order valence-corrected chi connectivity index (χ3v) is 6.07. The van der Waals surface area contributed by atoms with Crippen molar-refractivity contribution in [3.8, 4) is 0 Å². The molecule has 0 fully saturated rings. The van der Waals surface area contributed by atoms with E-state index in [2.05, 4.69) is 54.8 Å². The fourth-order valence-corrected chi connectivity index (χ4v) is 3.73. The van der Waals surface area contributed by atoms with Crippen molar-refractivity contribution in [2.75, 3.05) is 6.61 Å². The second-order valence-electron chi connectivity index (χ2n) is 9.37. The predicted molar refractivity (Wildman–Crippen MR) is 150 cm³/mol. The molecule has 4 atom stereocenters. The van der Waals surface area contributed by atoms with Gasteiger partial charge in [-0.15, -0.1) is 0 Å². The first kappa shape index (κ1) is 34.3. The fourth-order valence-electron chi connectivity index (χ4n) is 3.73. The van der Waals surface area contributed by atoms with Crippen molar-refractivity contribution in [1.82, 2.24) is 5.32 Å². The molecule has 0 aliphatic heterocycles. The van der Waals surface area contributed by atoms with Crippen LogP contribution < -0.4 is 5.32 Å². The quantitative estimate of drug-likeness (QED) is 0.0956. The highest BCUT2D eigenvalue weighted by molar-refractivity contribution is 5.80. The van der Waals surface area contributed by atoms with Crippen molar-refractivity contribution < 1.29 is 25.2 Å². The SMILES string of the molecule is C/C=C/CC/C=C/CC/C=C/CCCC(O)C(O)C(CO)NC(=O)C(O)CC/C=C\CCCCCC. The van der Waals surface area contributed by atoms with Crippen molar-refractivity contribution in [2.24, 2.45) is 0 Å². The van der Waals surface area contributed by atoms with Crippen LogP contribution in [-0.2, 0) is 4.79 Å². The molecule has 0 aromatic rings. The van der Waals surface area contributed by atoms with E-state index >= 15 is 0 Å². The third kappa shape index (κ3) is 19.5. The van der Waals surface area contributed by atoms with Crippen LogP contribution in [0.15, 0.2) is 48.6 Å². The molecule has 6 nitrogen and oxygen atoms in total. The maximum absolute atomic E-state index is 12.2. The van der Waals surface area contributed by atoms with Crippen LogP contribution in [0.4, 0.5) is 0 Å². The molecule has 0 bridgehead atoms. The average Bonchev–Trinajstić information content (AvgIpc) is 2.88. The molecule has 4 unspecified atom stereocenters. The lowest BCUT2D eigenvalue weighted by Crippen LogP contribution is -2.53. The molecule has 0 aliphatic carbocycles. The van der Waals surface area contributed by atoms with Gasteiger partial charge in [0, 0.05) is 0 Å². The molecule has 0 heterocycles. The van der Waals surface area contributed by atoms with Crippen LogP contribution in [0.2, 0.25) is 0 Å². The van der Waals surface area contributed by atoms with E-state index in [0.717, 1.165) is 44.9 Å². The minimum Gasteiger partial charge on any atom is -0.394 e. The number of carbonyl (C=O) groups excluding carboxylic acids is 1. The fraction of sp³-hybridized carbons (Fsp3) is 0.700. The van der Waals surface area contributed by atoms with Crippen LogP contribution >= 0.6 is 0 Å². The Hall–Kier alpha value is -1.73. The van der Waals surface area contributed by atoms with Crippen molar-refractivity contribution in [3.63, 3.8) is 0 Å². The molecule has 1 amide bonds. The maximum atomic E-state index is 12.2. The highest BCUT2D eigenvalue weighted by atomic mass is 16.3. The summed E-state index contributed by atoms with van der Waals surface area (Å²) in [7, 11) is 0. The summed E-state index contributed by atoms with van der Waals surface area (Å²) >= 11 is 0. The third-order valence-electron chi connectivity index (χ3n) is 6.07. The second-order valence-corrected chi connectivity index (χ2v) is 9.37. The number of carbonyl (C=O) groups is 1. The standard InChI is InChI=1S/C30H53NO5/c1-3-5-7-9-11-13-14-15-16-18-19-21-23-27(33)29(35)26(25-32)31-30(36)28(34)24-22-20-17-12-10-8-6-4-2/h3,5,11,13,16-18,20,26-29,32-35H,4,6-10,12,14-15,19,21-25H2,1-2H3,(H,31,36)/b5-3+,13-11+,18-16+,20-17-. The van der Waals surface area contributed by atoms with Crippen LogP contribution in [0.3, 0.4) is 0 Å². The molecule has 0 aromatic heterocycles. The van der Waals surface area contributed by atoms with Gasteiger partial charge in [-0.2, -0.15) is 0 Å². The van der Waals surface area contributed by atoms with Gasteiger partial charge in [-0.1, -0.05) is 74.8 Å². The Morgan fingerprint density at radius 2 is 1.28 bits per heavy atom. The van der Waals surface area contributed by atoms with Crippen LogP contribution in [0.1, 0.15) is 104 Å². The lowest BCUT2D eigenvalue weighted by Gasteiger charge is -2.27. The highest BCUT2D eigenvalue weighted by Crippen LogP contribution is 2.11. The number of hydrogen-bond acceptors (Lipinski definition) is 5. The van der Waals surface area contributed by atoms with Crippen LogP contribution in [-0.4, -0.2) is 57.3 Å². The maximum Gasteiger partial charge on any atom is 0.249 e. The van der Waals surface area contributed by atoms with E-state index in [0.29, 0.717) is 19.3 Å². The van der Waals surface area contributed by atoms with E-state index in [1.165, 1.54) is 19.3 Å². The van der Waals surface area contributed by atoms with Gasteiger partial charge in [-0.3, -0.25) is 4.79 Å². The predicted octanol–water partition coefficient (Wildman–Crippen LogP) is 5.27. The van der Waals surface area contributed by atoms with Gasteiger partial charge in [0.1, 0.15) is 12.2 Å². The number of rotatable bonds is 23. The summed E-state index contributed by atoms with van der Waals surface area (Å²) in [4.78, 5) is 12.2. The number of hydrogen-bond donors (Lipinski definition) is 5. The Kier molecular flexibility index (Phi) is 23.7. The highest BCUT2D eigenvalue weighted by Gasteiger charge is 2.28. The lowest BCUT2D eigenvalue weighted by atomic mass is 10.0. The van der Waals surface area contributed by atoms with Gasteiger partial charge in [0.2, 0.25) is 5.91 Å². The molecule has 6 heteroatoms. The van der Waals surface area contributed by atoms with Crippen molar-refractivity contribution in [1.29, 1.82) is 0 Å². The van der Waals surface area contributed by atoms with Crippen molar-refractivity contribution in [2.45, 2.75) is 128 Å². The summed E-state index contributed by atoms with van der Waals surface area (Å²) in [5.41, 5.74) is 0. The first-order chi connectivity index (χ1) is 17.5. The molecule has 0 aliphatic rings. The zero-order valence-corrected chi connectivity index (χ0v) is 22.7. The molecule has 0 radical (unpaired) electrons. The molecule has 0 spiro atoms. The van der Waals surface area contributed by atoms with Crippen LogP contribution in [0.5, 0.6) is 0 Å². The van der Waals surface area contributed by atoms with E-state index in [4.69, 9.17) is 0 Å². The monoisotopic (exact) mass is 507 g/mol. The van der Waals surface area contributed by atoms with Gasteiger partial charge in [0.05, 0.1) is 18.8 Å². The number of allylic oxidation sites excluding steroid dienone is 8. The molecule has 0 rings (SSSR count). The molecule has 0 saturated heterocycles. The molecular weight excluding hydrogens is 454 g/mol. The summed E-state index contributed by atoms with van der Waals surface area (Å²) in [5.74, 6) is -0.643. The Balaban J connectivity index is 4.11. The first-order valence-electron chi connectivity index (χ1n) is 14.0. The van der Waals surface area contributed by atoms with Gasteiger partial charge in [-0.25, -0.2) is 0 Å². The lowest BCUT2D eigenvalue weighted by molar-refractivity contribution is -0.132. The summed E-state index contributed by atoms with van der Waals surface area (Å²) in [6, 6.07) is -1.02. The van der Waals surface area contributed by atoms with Crippen molar-refractivity contribution in [3.05, 3.63) is 48.6 Å². The molecular formula is C30H53NO5. The van der Waals surface area contributed by atoms with Crippen molar-refractivity contribution >= 4 is 5.91 Å². The zero-order valence-electron chi connectivity index (χ0n) is 22.7. The van der Waals surface area contributed by atoms with Gasteiger partial charge in [0.25, 0.3) is 0 Å². The van der Waals surface area contributed by atoms with Gasteiger partial charge < -0.3 is 25.7 Å². The minimum atomic E-state index is -1.30. The number of nitrogens with one attached hydrogen (secondary N) is 1. The summed E-state index contributed by atoms with van der Waals surface area (Å²) in [6.07, 6.45) is 25.9. The first-order valence-corrected chi connectivity index (χ1v) is 14.0. The number of aliphatic hydroxyl groups is 4. The number of amides is 1. The van der Waals surface area contributed by atoms with Crippen LogP contribution in [0.25, 0.3) is 0 Å². The average molecular weight is 508 g/mol. The topological polar surface area (TPSA) is 110 Å². The number of unbranched alkanes of at least 4 members (excludes halogenated alkanes) is 7. The smallest absolute Gasteiger partial charge is 0.249 e. The summed E-state index contributed by atoms with van der Waals surface area (Å²) < 4.78 is 0. The van der Waals surface area contributed by atoms with Gasteiger partial charge in [0.15, 0.2) is 0 Å². The Bertz CT molecular complexity index is 629. The van der Waals surface area contributed by atoms with E-state index in [1.54, 1.807) is 0 Å². The molecule has 5 N–H and O–H groups in total. The van der Waals surface area contributed by atoms with Gasteiger partial charge >= 0.3 is 0 Å². The zero-order chi connectivity index (χ0) is 26.9. The Morgan fingerprint density at radius 3 is 1.86 bits per heavy atom. The molecule has 0 aromatic carbocycles. The Labute approximate surface area is 219 Å². The molecule has 36 heavy (non-hydrogen) atoms. The summed E-state index contributed by atoms with van der Waals surface area (Å²) in [5, 5.41) is 42.8.